The summed E-state index contributed by atoms with van der Waals surface area (Å²) in [6.07, 6.45) is 0. The molecule has 0 bridgehead atoms. The topological polar surface area (TPSA) is 81.5 Å². The van der Waals surface area contributed by atoms with Crippen LogP contribution in [0.15, 0.2) is 47.4 Å². The molecule has 0 aromatic heterocycles. The fraction of sp³-hybridized carbons (Fsp3) is 0.235. The van der Waals surface area contributed by atoms with Crippen molar-refractivity contribution in [3.63, 3.8) is 0 Å². The Bertz CT molecular complexity index is 749. The van der Waals surface area contributed by atoms with Gasteiger partial charge in [-0.15, -0.1) is 0 Å². The Morgan fingerprint density at radius 1 is 1.25 bits per heavy atom. The van der Waals surface area contributed by atoms with Gasteiger partial charge in [0.05, 0.1) is 16.4 Å². The third-order valence-electron chi connectivity index (χ3n) is 3.24. The summed E-state index contributed by atoms with van der Waals surface area (Å²) in [7, 11) is 0. The van der Waals surface area contributed by atoms with Crippen LogP contribution in [0, 0.1) is 24.0 Å². The number of ether oxygens (including phenoxy) is 1. The zero-order chi connectivity index (χ0) is 17.5. The Hall–Kier alpha value is -2.54. The number of amides is 1. The summed E-state index contributed by atoms with van der Waals surface area (Å²) >= 11 is 0.809. The summed E-state index contributed by atoms with van der Waals surface area (Å²) in [5.41, 5.74) is 1.73. The second-order valence-electron chi connectivity index (χ2n) is 5.16. The molecule has 0 saturated heterocycles. The van der Waals surface area contributed by atoms with Crippen LogP contribution in [-0.2, 0) is 0 Å². The lowest BCUT2D eigenvalue weighted by molar-refractivity contribution is -0.387. The van der Waals surface area contributed by atoms with Crippen molar-refractivity contribution in [2.45, 2.75) is 18.7 Å². The summed E-state index contributed by atoms with van der Waals surface area (Å²) in [4.78, 5) is 22.8. The molecule has 0 radical (unpaired) electrons. The van der Waals surface area contributed by atoms with Crippen molar-refractivity contribution < 1.29 is 14.5 Å². The minimum atomic E-state index is -0.482. The van der Waals surface area contributed by atoms with E-state index in [2.05, 4.69) is 5.32 Å². The number of hydrogen-bond acceptors (Lipinski definition) is 5. The Balaban J connectivity index is 1.84. The molecule has 0 heterocycles. The third kappa shape index (κ3) is 4.99. The number of nitrogens with zero attached hydrogens (tertiary/aromatic N) is 1. The van der Waals surface area contributed by atoms with E-state index >= 15 is 0 Å². The van der Waals surface area contributed by atoms with Crippen LogP contribution in [0.3, 0.4) is 0 Å². The van der Waals surface area contributed by atoms with Crippen molar-refractivity contribution in [1.82, 2.24) is 5.32 Å². The number of carbonyl (C=O) groups is 1. The van der Waals surface area contributed by atoms with Crippen molar-refractivity contribution in [2.75, 3.05) is 13.2 Å². The van der Waals surface area contributed by atoms with Gasteiger partial charge < -0.3 is 10.1 Å². The van der Waals surface area contributed by atoms with Gasteiger partial charge in [0, 0.05) is 6.07 Å². The van der Waals surface area contributed by atoms with Crippen LogP contribution >= 0.6 is 11.8 Å². The maximum absolute atomic E-state index is 11.9. The molecular weight excluding hydrogens is 328 g/mol. The maximum Gasteiger partial charge on any atom is 0.284 e. The molecule has 2 rings (SSSR count). The highest BCUT2D eigenvalue weighted by molar-refractivity contribution is 8.13. The van der Waals surface area contributed by atoms with Crippen molar-refractivity contribution in [2.24, 2.45) is 0 Å². The first-order chi connectivity index (χ1) is 11.5. The molecule has 1 N–H and O–H groups in total. The fourth-order valence-corrected chi connectivity index (χ4v) is 2.77. The first kappa shape index (κ1) is 17.8. The van der Waals surface area contributed by atoms with Crippen molar-refractivity contribution >= 4 is 22.7 Å². The predicted molar refractivity (Wildman–Crippen MR) is 93.8 cm³/mol. The molecule has 24 heavy (non-hydrogen) atoms. The van der Waals surface area contributed by atoms with E-state index in [9.17, 15) is 14.9 Å². The summed E-state index contributed by atoms with van der Waals surface area (Å²) in [6, 6.07) is 12.4. The molecule has 1 amide bonds. The predicted octanol–water partition coefficient (Wildman–Crippen LogP) is 4.09. The Kier molecular flexibility index (Phi) is 6.20. The molecule has 2 aromatic rings. The van der Waals surface area contributed by atoms with E-state index in [0.717, 1.165) is 28.6 Å². The lowest BCUT2D eigenvalue weighted by Gasteiger charge is -2.09. The summed E-state index contributed by atoms with van der Waals surface area (Å²) in [6.45, 7) is 4.36. The molecule has 0 aliphatic rings. The lowest BCUT2D eigenvalue weighted by atomic mass is 10.2. The number of benzene rings is 2. The third-order valence-corrected chi connectivity index (χ3v) is 4.13. The van der Waals surface area contributed by atoms with E-state index in [-0.39, 0.29) is 10.9 Å². The van der Waals surface area contributed by atoms with E-state index in [0.29, 0.717) is 18.0 Å². The van der Waals surface area contributed by atoms with Crippen molar-refractivity contribution in [3.8, 4) is 5.75 Å². The number of hydrogen-bond donors (Lipinski definition) is 1. The second kappa shape index (κ2) is 8.35. The average Bonchev–Trinajstić information content (AvgIpc) is 2.54. The Labute approximate surface area is 144 Å². The quantitative estimate of drug-likeness (QED) is 0.369. The highest BCUT2D eigenvalue weighted by Crippen LogP contribution is 2.30. The van der Waals surface area contributed by atoms with Gasteiger partial charge in [-0.1, -0.05) is 24.3 Å². The largest absolute Gasteiger partial charge is 0.491 e. The van der Waals surface area contributed by atoms with E-state index in [1.165, 1.54) is 6.07 Å². The van der Waals surface area contributed by atoms with Crippen LogP contribution in [0.2, 0.25) is 0 Å². The highest BCUT2D eigenvalue weighted by Gasteiger charge is 2.17. The number of nitro benzene ring substituents is 1. The number of aryl methyl sites for hydroxylation is 2. The fourth-order valence-electron chi connectivity index (χ4n) is 2.02. The Morgan fingerprint density at radius 3 is 2.71 bits per heavy atom. The molecule has 0 atom stereocenters. The molecule has 0 aliphatic carbocycles. The molecule has 0 unspecified atom stereocenters. The zero-order valence-corrected chi connectivity index (χ0v) is 14.3. The molecule has 6 nitrogen and oxygen atoms in total. The van der Waals surface area contributed by atoms with Gasteiger partial charge in [-0.05, 0) is 48.9 Å². The van der Waals surface area contributed by atoms with Crippen LogP contribution in [0.1, 0.15) is 11.1 Å². The van der Waals surface area contributed by atoms with E-state index in [1.807, 2.05) is 31.2 Å². The van der Waals surface area contributed by atoms with Crippen LogP contribution in [0.5, 0.6) is 5.75 Å². The number of thioether (sulfide) groups is 1. The van der Waals surface area contributed by atoms with Crippen molar-refractivity contribution in [1.29, 1.82) is 0 Å². The zero-order valence-electron chi connectivity index (χ0n) is 13.4. The van der Waals surface area contributed by atoms with E-state index < -0.39 is 4.92 Å². The van der Waals surface area contributed by atoms with Gasteiger partial charge >= 0.3 is 0 Å². The monoisotopic (exact) mass is 346 g/mol. The minimum Gasteiger partial charge on any atom is -0.491 e. The second-order valence-corrected chi connectivity index (χ2v) is 6.17. The number of nitrogens with one attached hydrogen (secondary N) is 1. The van der Waals surface area contributed by atoms with E-state index in [1.54, 1.807) is 19.1 Å². The first-order valence-corrected chi connectivity index (χ1v) is 8.18. The molecule has 0 aliphatic heterocycles. The molecule has 2 aromatic carbocycles. The molecule has 0 saturated carbocycles. The molecule has 0 fully saturated rings. The van der Waals surface area contributed by atoms with Crippen molar-refractivity contribution in [3.05, 3.63) is 63.7 Å². The molecule has 7 heteroatoms. The average molecular weight is 346 g/mol. The van der Waals surface area contributed by atoms with Gasteiger partial charge in [-0.2, -0.15) is 0 Å². The highest BCUT2D eigenvalue weighted by atomic mass is 32.2. The SMILES string of the molecule is Cc1ccc(SC(=O)NCCOc2ccccc2C)c([N+](=O)[O-])c1. The molecular formula is C17H18N2O4S. The first-order valence-electron chi connectivity index (χ1n) is 7.36. The van der Waals surface area contributed by atoms with Gasteiger partial charge in [0.1, 0.15) is 12.4 Å². The number of para-hydroxylation sites is 1. The van der Waals surface area contributed by atoms with Crippen LogP contribution in [0.4, 0.5) is 10.5 Å². The Morgan fingerprint density at radius 2 is 2.00 bits per heavy atom. The normalized spacial score (nSPS) is 10.2. The molecule has 126 valence electrons. The summed E-state index contributed by atoms with van der Waals surface area (Å²) in [5, 5.41) is 13.4. The van der Waals surface area contributed by atoms with Gasteiger partial charge in [-0.3, -0.25) is 14.9 Å². The summed E-state index contributed by atoms with van der Waals surface area (Å²) < 4.78 is 5.58. The van der Waals surface area contributed by atoms with Gasteiger partial charge in [0.25, 0.3) is 10.9 Å². The molecule has 0 spiro atoms. The number of nitro groups is 1. The minimum absolute atomic E-state index is 0.0636. The smallest absolute Gasteiger partial charge is 0.284 e. The maximum atomic E-state index is 11.9. The number of rotatable bonds is 6. The van der Waals surface area contributed by atoms with Gasteiger partial charge in [-0.25, -0.2) is 0 Å². The van der Waals surface area contributed by atoms with Gasteiger partial charge in [0.15, 0.2) is 0 Å². The van der Waals surface area contributed by atoms with Crippen LogP contribution in [-0.4, -0.2) is 23.3 Å². The van der Waals surface area contributed by atoms with Crippen LogP contribution in [0.25, 0.3) is 0 Å². The van der Waals surface area contributed by atoms with Gasteiger partial charge in [0.2, 0.25) is 0 Å². The number of carbonyl (C=O) groups excluding carboxylic acids is 1. The summed E-state index contributed by atoms with van der Waals surface area (Å²) in [5.74, 6) is 0.772. The lowest BCUT2D eigenvalue weighted by Crippen LogP contribution is -2.24. The van der Waals surface area contributed by atoms with Crippen LogP contribution < -0.4 is 10.1 Å². The van der Waals surface area contributed by atoms with E-state index in [4.69, 9.17) is 4.74 Å². The standard InChI is InChI=1S/C17H18N2O4S/c1-12-7-8-16(14(11-12)19(21)22)24-17(20)18-9-10-23-15-6-4-3-5-13(15)2/h3-8,11H,9-10H2,1-2H3,(H,18,20).